The Hall–Kier alpha value is -0.610. The van der Waals surface area contributed by atoms with Gasteiger partial charge in [0, 0.05) is 26.1 Å². The fraction of sp³-hybridized carbons (Fsp3) is 0.929. The molecule has 18 heavy (non-hydrogen) atoms. The number of methoxy groups -OCH3 is 1. The van der Waals surface area contributed by atoms with Crippen molar-refractivity contribution in [3.63, 3.8) is 0 Å². The van der Waals surface area contributed by atoms with Crippen LogP contribution in [-0.4, -0.2) is 44.2 Å². The minimum Gasteiger partial charge on any atom is -0.383 e. The molecular formula is C14H28N2O2. The Morgan fingerprint density at radius 3 is 2.50 bits per heavy atom. The Morgan fingerprint density at radius 1 is 1.28 bits per heavy atom. The van der Waals surface area contributed by atoms with Crippen LogP contribution in [0.4, 0.5) is 0 Å². The van der Waals surface area contributed by atoms with Crippen molar-refractivity contribution in [1.29, 1.82) is 0 Å². The maximum atomic E-state index is 12.4. The molecule has 0 saturated heterocycles. The molecule has 0 aromatic heterocycles. The Kier molecular flexibility index (Phi) is 7.28. The van der Waals surface area contributed by atoms with E-state index in [1.165, 1.54) is 12.8 Å². The zero-order valence-corrected chi connectivity index (χ0v) is 11.9. The molecule has 0 aliphatic heterocycles. The van der Waals surface area contributed by atoms with Crippen molar-refractivity contribution < 1.29 is 9.53 Å². The lowest BCUT2D eigenvalue weighted by atomic mass is 9.82. The molecule has 4 heteroatoms. The van der Waals surface area contributed by atoms with Gasteiger partial charge in [-0.05, 0) is 44.6 Å². The van der Waals surface area contributed by atoms with Gasteiger partial charge in [-0.2, -0.15) is 0 Å². The topological polar surface area (TPSA) is 55.6 Å². The molecule has 1 aliphatic carbocycles. The maximum Gasteiger partial charge on any atom is 0.225 e. The van der Waals surface area contributed by atoms with Gasteiger partial charge in [-0.3, -0.25) is 4.79 Å². The quantitative estimate of drug-likeness (QED) is 0.753. The first-order valence-electron chi connectivity index (χ1n) is 7.16. The van der Waals surface area contributed by atoms with Gasteiger partial charge in [0.05, 0.1) is 6.61 Å². The number of nitrogens with two attached hydrogens (primary N) is 1. The molecule has 0 spiro atoms. The van der Waals surface area contributed by atoms with Gasteiger partial charge in [-0.25, -0.2) is 0 Å². The van der Waals surface area contributed by atoms with E-state index in [2.05, 4.69) is 6.92 Å². The van der Waals surface area contributed by atoms with Crippen LogP contribution < -0.4 is 5.73 Å². The van der Waals surface area contributed by atoms with Crippen molar-refractivity contribution >= 4 is 5.91 Å². The van der Waals surface area contributed by atoms with Gasteiger partial charge >= 0.3 is 0 Å². The van der Waals surface area contributed by atoms with E-state index in [0.717, 1.165) is 31.7 Å². The molecule has 1 fully saturated rings. The summed E-state index contributed by atoms with van der Waals surface area (Å²) < 4.78 is 5.08. The summed E-state index contributed by atoms with van der Waals surface area (Å²) in [7, 11) is 1.67. The minimum absolute atomic E-state index is 0.232. The molecule has 1 saturated carbocycles. The molecule has 106 valence electrons. The van der Waals surface area contributed by atoms with Crippen LogP contribution in [0.1, 0.15) is 39.0 Å². The largest absolute Gasteiger partial charge is 0.383 e. The van der Waals surface area contributed by atoms with E-state index < -0.39 is 0 Å². The first kappa shape index (κ1) is 15.4. The SMILES string of the molecule is COCCN(CCCN)C(=O)C1CCC(C)CC1. The summed E-state index contributed by atoms with van der Waals surface area (Å²) in [5.41, 5.74) is 5.53. The molecule has 1 rings (SSSR count). The Morgan fingerprint density at radius 2 is 1.94 bits per heavy atom. The van der Waals surface area contributed by atoms with E-state index >= 15 is 0 Å². The summed E-state index contributed by atoms with van der Waals surface area (Å²) in [5, 5.41) is 0. The second kappa shape index (κ2) is 8.48. The standard InChI is InChI=1S/C14H28N2O2/c1-12-4-6-13(7-5-12)14(17)16(9-3-8-15)10-11-18-2/h12-13H,3-11,15H2,1-2H3. The van der Waals surface area contributed by atoms with E-state index in [0.29, 0.717) is 25.6 Å². The van der Waals surface area contributed by atoms with Crippen LogP contribution in [0, 0.1) is 11.8 Å². The van der Waals surface area contributed by atoms with Crippen LogP contribution in [0.2, 0.25) is 0 Å². The number of hydrogen-bond donors (Lipinski definition) is 1. The predicted molar refractivity (Wildman–Crippen MR) is 73.2 cm³/mol. The van der Waals surface area contributed by atoms with Crippen LogP contribution in [0.15, 0.2) is 0 Å². The summed E-state index contributed by atoms with van der Waals surface area (Å²) in [6.07, 6.45) is 5.34. The summed E-state index contributed by atoms with van der Waals surface area (Å²) in [4.78, 5) is 14.4. The van der Waals surface area contributed by atoms with E-state index in [4.69, 9.17) is 10.5 Å². The molecule has 0 atom stereocenters. The first-order chi connectivity index (χ1) is 8.69. The molecule has 0 heterocycles. The van der Waals surface area contributed by atoms with E-state index in [9.17, 15) is 4.79 Å². The average Bonchev–Trinajstić information content (AvgIpc) is 2.39. The minimum atomic E-state index is 0.232. The fourth-order valence-corrected chi connectivity index (χ4v) is 2.58. The molecule has 1 amide bonds. The normalized spacial score (nSPS) is 23.9. The Labute approximate surface area is 111 Å². The van der Waals surface area contributed by atoms with Crippen molar-refractivity contribution in [1.82, 2.24) is 4.90 Å². The zero-order valence-electron chi connectivity index (χ0n) is 11.9. The van der Waals surface area contributed by atoms with E-state index in [1.54, 1.807) is 7.11 Å². The molecular weight excluding hydrogens is 228 g/mol. The molecule has 0 unspecified atom stereocenters. The van der Waals surface area contributed by atoms with E-state index in [1.807, 2.05) is 4.90 Å². The smallest absolute Gasteiger partial charge is 0.225 e. The summed E-state index contributed by atoms with van der Waals surface area (Å²) >= 11 is 0. The van der Waals surface area contributed by atoms with Gasteiger partial charge in [0.15, 0.2) is 0 Å². The lowest BCUT2D eigenvalue weighted by Crippen LogP contribution is -2.40. The highest BCUT2D eigenvalue weighted by Crippen LogP contribution is 2.29. The van der Waals surface area contributed by atoms with Crippen molar-refractivity contribution in [3.05, 3.63) is 0 Å². The molecule has 0 radical (unpaired) electrons. The highest BCUT2D eigenvalue weighted by molar-refractivity contribution is 5.78. The molecule has 0 aromatic rings. The van der Waals surface area contributed by atoms with Crippen LogP contribution in [-0.2, 0) is 9.53 Å². The van der Waals surface area contributed by atoms with E-state index in [-0.39, 0.29) is 5.92 Å². The average molecular weight is 256 g/mol. The summed E-state index contributed by atoms with van der Waals surface area (Å²) in [5.74, 6) is 1.33. The van der Waals surface area contributed by atoms with Crippen LogP contribution in [0.25, 0.3) is 0 Å². The molecule has 0 aromatic carbocycles. The number of rotatable bonds is 7. The lowest BCUT2D eigenvalue weighted by molar-refractivity contribution is -0.137. The summed E-state index contributed by atoms with van der Waals surface area (Å²) in [6.45, 7) is 4.99. The van der Waals surface area contributed by atoms with Crippen molar-refractivity contribution in [2.45, 2.75) is 39.0 Å². The second-order valence-electron chi connectivity index (χ2n) is 5.42. The monoisotopic (exact) mass is 256 g/mol. The van der Waals surface area contributed by atoms with Gasteiger partial charge < -0.3 is 15.4 Å². The lowest BCUT2D eigenvalue weighted by Gasteiger charge is -2.31. The maximum absolute atomic E-state index is 12.4. The van der Waals surface area contributed by atoms with Gasteiger partial charge in [0.2, 0.25) is 5.91 Å². The number of nitrogens with zero attached hydrogens (tertiary/aromatic N) is 1. The van der Waals surface area contributed by atoms with Crippen LogP contribution in [0.3, 0.4) is 0 Å². The summed E-state index contributed by atoms with van der Waals surface area (Å²) in [6, 6.07) is 0. The predicted octanol–water partition coefficient (Wildman–Crippen LogP) is 1.64. The number of ether oxygens (including phenoxy) is 1. The Balaban J connectivity index is 2.46. The number of carbonyl (C=O) groups excluding carboxylic acids is 1. The van der Waals surface area contributed by atoms with Crippen molar-refractivity contribution in [2.24, 2.45) is 17.6 Å². The number of hydrogen-bond acceptors (Lipinski definition) is 3. The van der Waals surface area contributed by atoms with Gasteiger partial charge in [0.25, 0.3) is 0 Å². The van der Waals surface area contributed by atoms with Crippen molar-refractivity contribution in [3.8, 4) is 0 Å². The Bertz CT molecular complexity index is 230. The third-order valence-corrected chi connectivity index (χ3v) is 3.87. The highest BCUT2D eigenvalue weighted by atomic mass is 16.5. The zero-order chi connectivity index (χ0) is 13.4. The third-order valence-electron chi connectivity index (χ3n) is 3.87. The fourth-order valence-electron chi connectivity index (χ4n) is 2.58. The van der Waals surface area contributed by atoms with Crippen LogP contribution in [0.5, 0.6) is 0 Å². The van der Waals surface area contributed by atoms with Crippen LogP contribution >= 0.6 is 0 Å². The van der Waals surface area contributed by atoms with Gasteiger partial charge in [-0.1, -0.05) is 6.92 Å². The molecule has 2 N–H and O–H groups in total. The molecule has 1 aliphatic rings. The molecule has 0 bridgehead atoms. The van der Waals surface area contributed by atoms with Crippen molar-refractivity contribution in [2.75, 3.05) is 33.4 Å². The highest BCUT2D eigenvalue weighted by Gasteiger charge is 2.27. The number of amides is 1. The molecule has 4 nitrogen and oxygen atoms in total. The van der Waals surface area contributed by atoms with Gasteiger partial charge in [-0.15, -0.1) is 0 Å². The first-order valence-corrected chi connectivity index (χ1v) is 7.16. The second-order valence-corrected chi connectivity index (χ2v) is 5.42. The van der Waals surface area contributed by atoms with Gasteiger partial charge in [0.1, 0.15) is 0 Å². The third kappa shape index (κ3) is 4.94. The number of carbonyl (C=O) groups is 1.